The summed E-state index contributed by atoms with van der Waals surface area (Å²) in [6.45, 7) is 16.2. The average Bonchev–Trinajstić information content (AvgIpc) is 2.38. The largest absolute Gasteiger partial charge is 0.303 e. The molecule has 0 amide bonds. The zero-order chi connectivity index (χ0) is 14.9. The van der Waals surface area contributed by atoms with Gasteiger partial charge in [-0.3, -0.25) is 5.32 Å². The van der Waals surface area contributed by atoms with Crippen LogP contribution in [0.2, 0.25) is 0 Å². The maximum absolute atomic E-state index is 9.36. The lowest BCUT2D eigenvalue weighted by atomic mass is 9.97. The van der Waals surface area contributed by atoms with Crippen molar-refractivity contribution in [3.05, 3.63) is 0 Å². The van der Waals surface area contributed by atoms with Gasteiger partial charge < -0.3 is 4.90 Å². The smallest absolute Gasteiger partial charge is 0.105 e. The Labute approximate surface area is 120 Å². The van der Waals surface area contributed by atoms with Gasteiger partial charge in [0.05, 0.1) is 6.07 Å². The second-order valence-electron chi connectivity index (χ2n) is 6.07. The molecule has 3 nitrogen and oxygen atoms in total. The number of nitrogens with one attached hydrogen (secondary N) is 1. The van der Waals surface area contributed by atoms with Crippen LogP contribution in [-0.4, -0.2) is 36.1 Å². The molecule has 0 radical (unpaired) electrons. The van der Waals surface area contributed by atoms with Crippen LogP contribution in [0.3, 0.4) is 0 Å². The highest BCUT2D eigenvalue weighted by molar-refractivity contribution is 5.04. The zero-order valence-electron chi connectivity index (χ0n) is 13.8. The fraction of sp³-hybridized carbons (Fsp3) is 0.938. The molecule has 3 heteroatoms. The van der Waals surface area contributed by atoms with Crippen molar-refractivity contribution in [2.75, 3.05) is 19.6 Å². The van der Waals surface area contributed by atoms with Crippen molar-refractivity contribution >= 4 is 0 Å². The highest BCUT2D eigenvalue weighted by Crippen LogP contribution is 2.14. The predicted octanol–water partition coefficient (Wildman–Crippen LogP) is 3.41. The molecule has 0 aromatic heterocycles. The van der Waals surface area contributed by atoms with Crippen molar-refractivity contribution in [2.45, 2.75) is 72.4 Å². The van der Waals surface area contributed by atoms with Crippen molar-refractivity contribution < 1.29 is 0 Å². The molecule has 1 atom stereocenters. The fourth-order valence-corrected chi connectivity index (χ4v) is 2.47. The molecule has 1 unspecified atom stereocenters. The molecule has 0 aliphatic carbocycles. The van der Waals surface area contributed by atoms with Crippen LogP contribution in [0.5, 0.6) is 0 Å². The molecule has 0 fully saturated rings. The van der Waals surface area contributed by atoms with Crippen LogP contribution >= 0.6 is 0 Å². The van der Waals surface area contributed by atoms with E-state index in [1.54, 1.807) is 0 Å². The SMILES string of the molecule is CCC(CC)CN(CC)CCC(C)(C#N)NC(C)C. The van der Waals surface area contributed by atoms with E-state index in [0.29, 0.717) is 6.04 Å². The van der Waals surface area contributed by atoms with Crippen LogP contribution in [0.25, 0.3) is 0 Å². The topological polar surface area (TPSA) is 39.1 Å². The predicted molar refractivity (Wildman–Crippen MR) is 83.1 cm³/mol. The quantitative estimate of drug-likeness (QED) is 0.659. The van der Waals surface area contributed by atoms with Crippen molar-refractivity contribution in [1.82, 2.24) is 10.2 Å². The fourth-order valence-electron chi connectivity index (χ4n) is 2.47. The van der Waals surface area contributed by atoms with E-state index < -0.39 is 5.54 Å². The van der Waals surface area contributed by atoms with Crippen LogP contribution in [0.1, 0.15) is 60.8 Å². The Balaban J connectivity index is 4.35. The van der Waals surface area contributed by atoms with Crippen LogP contribution in [0, 0.1) is 17.2 Å². The van der Waals surface area contributed by atoms with Crippen molar-refractivity contribution in [3.63, 3.8) is 0 Å². The molecule has 0 aliphatic rings. The highest BCUT2D eigenvalue weighted by atomic mass is 15.1. The van der Waals surface area contributed by atoms with E-state index in [4.69, 9.17) is 0 Å². The molecule has 0 rings (SSSR count). The van der Waals surface area contributed by atoms with E-state index in [9.17, 15) is 5.26 Å². The Kier molecular flexibility index (Phi) is 9.05. The first-order chi connectivity index (χ1) is 8.90. The molecule has 0 heterocycles. The Morgan fingerprint density at radius 2 is 1.79 bits per heavy atom. The van der Waals surface area contributed by atoms with Gasteiger partial charge in [-0.05, 0) is 39.7 Å². The normalized spacial score (nSPS) is 14.9. The van der Waals surface area contributed by atoms with Crippen LogP contribution in [-0.2, 0) is 0 Å². The van der Waals surface area contributed by atoms with Gasteiger partial charge >= 0.3 is 0 Å². The molecule has 0 aromatic carbocycles. The lowest BCUT2D eigenvalue weighted by Gasteiger charge is -2.31. The molecule has 0 spiro atoms. The van der Waals surface area contributed by atoms with E-state index in [2.05, 4.69) is 50.9 Å². The summed E-state index contributed by atoms with van der Waals surface area (Å²) in [7, 11) is 0. The summed E-state index contributed by atoms with van der Waals surface area (Å²) in [6.07, 6.45) is 3.37. The molecular formula is C16H33N3. The Morgan fingerprint density at radius 1 is 1.21 bits per heavy atom. The Hall–Kier alpha value is -0.590. The van der Waals surface area contributed by atoms with Crippen LogP contribution in [0.15, 0.2) is 0 Å². The first-order valence-electron chi connectivity index (χ1n) is 7.82. The maximum Gasteiger partial charge on any atom is 0.105 e. The van der Waals surface area contributed by atoms with Crippen LogP contribution in [0.4, 0.5) is 0 Å². The third-order valence-corrected chi connectivity index (χ3v) is 3.90. The van der Waals surface area contributed by atoms with Gasteiger partial charge in [0.25, 0.3) is 0 Å². The lowest BCUT2D eigenvalue weighted by Crippen LogP contribution is -2.47. The summed E-state index contributed by atoms with van der Waals surface area (Å²) < 4.78 is 0. The number of nitriles is 1. The zero-order valence-corrected chi connectivity index (χ0v) is 13.8. The van der Waals surface area contributed by atoms with Gasteiger partial charge in [0.15, 0.2) is 0 Å². The van der Waals surface area contributed by atoms with Gasteiger partial charge in [-0.2, -0.15) is 5.26 Å². The number of nitrogens with zero attached hydrogens (tertiary/aromatic N) is 2. The van der Waals surface area contributed by atoms with Gasteiger partial charge in [-0.1, -0.05) is 33.6 Å². The van der Waals surface area contributed by atoms with Crippen LogP contribution < -0.4 is 5.32 Å². The Morgan fingerprint density at radius 3 is 2.16 bits per heavy atom. The third-order valence-electron chi connectivity index (χ3n) is 3.90. The van der Waals surface area contributed by atoms with Gasteiger partial charge in [0.1, 0.15) is 5.54 Å². The second-order valence-corrected chi connectivity index (χ2v) is 6.07. The van der Waals surface area contributed by atoms with Gasteiger partial charge in [-0.25, -0.2) is 0 Å². The van der Waals surface area contributed by atoms with Crippen molar-refractivity contribution in [3.8, 4) is 6.07 Å². The van der Waals surface area contributed by atoms with Crippen molar-refractivity contribution in [2.24, 2.45) is 5.92 Å². The average molecular weight is 267 g/mol. The monoisotopic (exact) mass is 267 g/mol. The molecule has 0 saturated heterocycles. The summed E-state index contributed by atoms with van der Waals surface area (Å²) in [6, 6.07) is 2.78. The number of hydrogen-bond acceptors (Lipinski definition) is 3. The molecule has 0 saturated carbocycles. The minimum atomic E-state index is -0.407. The van der Waals surface area contributed by atoms with E-state index in [-0.39, 0.29) is 0 Å². The van der Waals surface area contributed by atoms with E-state index >= 15 is 0 Å². The number of rotatable bonds is 10. The summed E-state index contributed by atoms with van der Waals surface area (Å²) in [5.41, 5.74) is -0.407. The highest BCUT2D eigenvalue weighted by Gasteiger charge is 2.25. The molecule has 1 N–H and O–H groups in total. The number of hydrogen-bond donors (Lipinski definition) is 1. The maximum atomic E-state index is 9.36. The Bertz CT molecular complexity index is 266. The molecule has 112 valence electrons. The summed E-state index contributed by atoms with van der Waals surface area (Å²) in [5.74, 6) is 0.784. The van der Waals surface area contributed by atoms with Gasteiger partial charge in [0.2, 0.25) is 0 Å². The first kappa shape index (κ1) is 18.4. The lowest BCUT2D eigenvalue weighted by molar-refractivity contribution is 0.211. The molecular weight excluding hydrogens is 234 g/mol. The molecule has 0 aliphatic heterocycles. The summed E-state index contributed by atoms with van der Waals surface area (Å²) >= 11 is 0. The van der Waals surface area contributed by atoms with Gasteiger partial charge in [0, 0.05) is 19.1 Å². The van der Waals surface area contributed by atoms with E-state index in [1.807, 2.05) is 6.92 Å². The van der Waals surface area contributed by atoms with E-state index in [0.717, 1.165) is 32.0 Å². The standard InChI is InChI=1S/C16H33N3/c1-7-15(8-2)12-19(9-3)11-10-16(6,13-17)18-14(4)5/h14-15,18H,7-12H2,1-6H3. The minimum absolute atomic E-state index is 0.346. The third kappa shape index (κ3) is 7.54. The summed E-state index contributed by atoms with van der Waals surface area (Å²) in [4.78, 5) is 2.48. The molecule has 19 heavy (non-hydrogen) atoms. The first-order valence-corrected chi connectivity index (χ1v) is 7.82. The molecule has 0 aromatic rings. The van der Waals surface area contributed by atoms with Gasteiger partial charge in [-0.15, -0.1) is 0 Å². The summed E-state index contributed by atoms with van der Waals surface area (Å²) in [5, 5.41) is 12.7. The second kappa shape index (κ2) is 9.34. The minimum Gasteiger partial charge on any atom is -0.303 e. The van der Waals surface area contributed by atoms with E-state index in [1.165, 1.54) is 12.8 Å². The molecule has 0 bridgehead atoms. The van der Waals surface area contributed by atoms with Crippen molar-refractivity contribution in [1.29, 1.82) is 5.26 Å².